The fourth-order valence-electron chi connectivity index (χ4n) is 2.53. The van der Waals surface area contributed by atoms with Crippen LogP contribution in [0.1, 0.15) is 29.6 Å². The van der Waals surface area contributed by atoms with Crippen LogP contribution in [0.3, 0.4) is 0 Å². The Morgan fingerprint density at radius 3 is 3.00 bits per heavy atom. The van der Waals surface area contributed by atoms with E-state index in [-0.39, 0.29) is 11.7 Å². The SMILES string of the molecule is NCCC1CCCN(C(=O)c2ccc(F)c(Br)c2)C1. The number of carbonyl (C=O) groups excluding carboxylic acids is 1. The van der Waals surface area contributed by atoms with Gasteiger partial charge in [0.25, 0.3) is 5.91 Å². The van der Waals surface area contributed by atoms with E-state index in [1.807, 2.05) is 4.90 Å². The fraction of sp³-hybridized carbons (Fsp3) is 0.500. The summed E-state index contributed by atoms with van der Waals surface area (Å²) in [6.07, 6.45) is 3.10. The maximum atomic E-state index is 13.2. The first-order valence-corrected chi connectivity index (χ1v) is 7.35. The van der Waals surface area contributed by atoms with E-state index in [9.17, 15) is 9.18 Å². The second-order valence-corrected chi connectivity index (χ2v) is 5.82. The summed E-state index contributed by atoms with van der Waals surface area (Å²) in [4.78, 5) is 14.2. The summed E-state index contributed by atoms with van der Waals surface area (Å²) in [6.45, 7) is 2.19. The number of nitrogens with zero attached hydrogens (tertiary/aromatic N) is 1. The van der Waals surface area contributed by atoms with E-state index in [2.05, 4.69) is 15.9 Å². The molecule has 0 spiro atoms. The number of carbonyl (C=O) groups is 1. The van der Waals surface area contributed by atoms with Gasteiger partial charge in [-0.25, -0.2) is 4.39 Å². The van der Waals surface area contributed by atoms with Crippen LogP contribution in [-0.4, -0.2) is 30.4 Å². The van der Waals surface area contributed by atoms with Gasteiger partial charge in [0.2, 0.25) is 0 Å². The number of halogens is 2. The van der Waals surface area contributed by atoms with Gasteiger partial charge in [0.1, 0.15) is 5.82 Å². The van der Waals surface area contributed by atoms with E-state index in [1.54, 1.807) is 6.07 Å². The second-order valence-electron chi connectivity index (χ2n) is 4.97. The van der Waals surface area contributed by atoms with Crippen molar-refractivity contribution >= 4 is 21.8 Å². The molecule has 0 aromatic heterocycles. The number of nitrogens with two attached hydrogens (primary N) is 1. The number of likely N-dealkylation sites (tertiary alicyclic amines) is 1. The summed E-state index contributed by atoms with van der Waals surface area (Å²) in [5.41, 5.74) is 6.11. The Hall–Kier alpha value is -0.940. The van der Waals surface area contributed by atoms with Crippen LogP contribution in [0.15, 0.2) is 22.7 Å². The lowest BCUT2D eigenvalue weighted by Gasteiger charge is -2.32. The summed E-state index contributed by atoms with van der Waals surface area (Å²) in [5, 5.41) is 0. The minimum atomic E-state index is -0.351. The van der Waals surface area contributed by atoms with Gasteiger partial charge in [0.05, 0.1) is 4.47 Å². The van der Waals surface area contributed by atoms with E-state index >= 15 is 0 Å². The van der Waals surface area contributed by atoms with Crippen LogP contribution in [0.2, 0.25) is 0 Å². The topological polar surface area (TPSA) is 46.3 Å². The van der Waals surface area contributed by atoms with Crippen molar-refractivity contribution in [1.82, 2.24) is 4.90 Å². The second kappa shape index (κ2) is 6.48. The average Bonchev–Trinajstić information content (AvgIpc) is 2.42. The van der Waals surface area contributed by atoms with E-state index in [0.717, 1.165) is 32.4 Å². The number of rotatable bonds is 3. The molecule has 1 heterocycles. The first-order valence-electron chi connectivity index (χ1n) is 6.56. The van der Waals surface area contributed by atoms with E-state index in [0.29, 0.717) is 22.5 Å². The molecular weight excluding hydrogens is 311 g/mol. The predicted molar refractivity (Wildman–Crippen MR) is 76.4 cm³/mol. The van der Waals surface area contributed by atoms with Gasteiger partial charge in [-0.3, -0.25) is 4.79 Å². The quantitative estimate of drug-likeness (QED) is 0.927. The number of piperidine rings is 1. The molecule has 5 heteroatoms. The Kier molecular flexibility index (Phi) is 4.93. The van der Waals surface area contributed by atoms with Crippen molar-refractivity contribution in [2.75, 3.05) is 19.6 Å². The lowest BCUT2D eigenvalue weighted by atomic mass is 9.94. The van der Waals surface area contributed by atoms with E-state index < -0.39 is 0 Å². The highest BCUT2D eigenvalue weighted by Gasteiger charge is 2.24. The third-order valence-corrected chi connectivity index (χ3v) is 4.16. The zero-order valence-corrected chi connectivity index (χ0v) is 12.3. The van der Waals surface area contributed by atoms with Gasteiger partial charge in [0.15, 0.2) is 0 Å². The van der Waals surface area contributed by atoms with Crippen LogP contribution in [0.4, 0.5) is 4.39 Å². The Bertz CT molecular complexity index is 465. The third kappa shape index (κ3) is 3.54. The molecule has 0 saturated carbocycles. The van der Waals surface area contributed by atoms with Crippen LogP contribution in [0.25, 0.3) is 0 Å². The Morgan fingerprint density at radius 1 is 1.53 bits per heavy atom. The maximum absolute atomic E-state index is 13.2. The molecule has 1 atom stereocenters. The molecule has 0 aliphatic carbocycles. The Balaban J connectivity index is 2.08. The number of hydrogen-bond donors (Lipinski definition) is 1. The molecule has 1 aliphatic heterocycles. The lowest BCUT2D eigenvalue weighted by molar-refractivity contribution is 0.0669. The Labute approximate surface area is 121 Å². The van der Waals surface area contributed by atoms with Crippen molar-refractivity contribution in [3.8, 4) is 0 Å². The molecule has 3 nitrogen and oxygen atoms in total. The van der Waals surface area contributed by atoms with Crippen molar-refractivity contribution in [2.24, 2.45) is 11.7 Å². The van der Waals surface area contributed by atoms with Gasteiger partial charge in [-0.15, -0.1) is 0 Å². The normalized spacial score (nSPS) is 19.5. The minimum Gasteiger partial charge on any atom is -0.338 e. The van der Waals surface area contributed by atoms with Crippen LogP contribution in [0.5, 0.6) is 0 Å². The molecule has 104 valence electrons. The largest absolute Gasteiger partial charge is 0.338 e. The van der Waals surface area contributed by atoms with E-state index in [1.165, 1.54) is 12.1 Å². The van der Waals surface area contributed by atoms with E-state index in [4.69, 9.17) is 5.73 Å². The molecule has 0 radical (unpaired) electrons. The van der Waals surface area contributed by atoms with Gasteiger partial charge in [-0.1, -0.05) is 0 Å². The highest BCUT2D eigenvalue weighted by molar-refractivity contribution is 9.10. The average molecular weight is 329 g/mol. The summed E-state index contributed by atoms with van der Waals surface area (Å²) in [7, 11) is 0. The smallest absolute Gasteiger partial charge is 0.253 e. The summed E-state index contributed by atoms with van der Waals surface area (Å²) in [6, 6.07) is 4.40. The monoisotopic (exact) mass is 328 g/mol. The van der Waals surface area contributed by atoms with Crippen LogP contribution < -0.4 is 5.73 Å². The number of amides is 1. The number of hydrogen-bond acceptors (Lipinski definition) is 2. The highest BCUT2D eigenvalue weighted by atomic mass is 79.9. The molecule has 2 N–H and O–H groups in total. The zero-order chi connectivity index (χ0) is 13.8. The van der Waals surface area contributed by atoms with Crippen LogP contribution in [0, 0.1) is 11.7 Å². The van der Waals surface area contributed by atoms with Crippen LogP contribution in [-0.2, 0) is 0 Å². The molecular formula is C14H18BrFN2O. The van der Waals surface area contributed by atoms with Gasteiger partial charge in [-0.2, -0.15) is 0 Å². The standard InChI is InChI=1S/C14H18BrFN2O/c15-12-8-11(3-4-13(12)16)14(19)18-7-1-2-10(9-18)5-6-17/h3-4,8,10H,1-2,5-7,9,17H2. The zero-order valence-electron chi connectivity index (χ0n) is 10.7. The van der Waals surface area contributed by atoms with Gasteiger partial charge in [-0.05, 0) is 65.9 Å². The molecule has 1 amide bonds. The van der Waals surface area contributed by atoms with Crippen LogP contribution >= 0.6 is 15.9 Å². The summed E-state index contributed by atoms with van der Waals surface area (Å²) in [5.74, 6) is 0.116. The molecule has 1 unspecified atom stereocenters. The van der Waals surface area contributed by atoms with Crippen molar-refractivity contribution in [2.45, 2.75) is 19.3 Å². The minimum absolute atomic E-state index is 0.0255. The van der Waals surface area contributed by atoms with Crippen molar-refractivity contribution in [3.05, 3.63) is 34.1 Å². The first-order chi connectivity index (χ1) is 9.11. The van der Waals surface area contributed by atoms with Crippen molar-refractivity contribution in [1.29, 1.82) is 0 Å². The molecule has 1 aromatic rings. The predicted octanol–water partition coefficient (Wildman–Crippen LogP) is 2.79. The van der Waals surface area contributed by atoms with Gasteiger partial charge >= 0.3 is 0 Å². The molecule has 1 aliphatic rings. The molecule has 19 heavy (non-hydrogen) atoms. The Morgan fingerprint density at radius 2 is 2.32 bits per heavy atom. The summed E-state index contributed by atoms with van der Waals surface area (Å²) >= 11 is 3.11. The number of benzene rings is 1. The molecule has 1 saturated heterocycles. The molecule has 1 aromatic carbocycles. The van der Waals surface area contributed by atoms with Gasteiger partial charge < -0.3 is 10.6 Å². The lowest BCUT2D eigenvalue weighted by Crippen LogP contribution is -2.40. The highest BCUT2D eigenvalue weighted by Crippen LogP contribution is 2.22. The van der Waals surface area contributed by atoms with Gasteiger partial charge in [0, 0.05) is 18.7 Å². The fourth-order valence-corrected chi connectivity index (χ4v) is 2.91. The molecule has 1 fully saturated rings. The third-order valence-electron chi connectivity index (χ3n) is 3.55. The van der Waals surface area contributed by atoms with Crippen molar-refractivity contribution in [3.63, 3.8) is 0 Å². The first kappa shape index (κ1) is 14.5. The molecule has 0 bridgehead atoms. The maximum Gasteiger partial charge on any atom is 0.253 e. The van der Waals surface area contributed by atoms with Crippen molar-refractivity contribution < 1.29 is 9.18 Å². The molecule has 2 rings (SSSR count). The summed E-state index contributed by atoms with van der Waals surface area (Å²) < 4.78 is 13.5.